The normalized spacial score (nSPS) is 16.5. The molecule has 2 aliphatic rings. The molecule has 2 aliphatic heterocycles. The van der Waals surface area contributed by atoms with Crippen LogP contribution in [0.2, 0.25) is 0 Å². The van der Waals surface area contributed by atoms with Crippen molar-refractivity contribution in [1.82, 2.24) is 9.80 Å². The van der Waals surface area contributed by atoms with E-state index in [0.29, 0.717) is 17.7 Å². The third kappa shape index (κ3) is 4.16. The van der Waals surface area contributed by atoms with Gasteiger partial charge in [0.15, 0.2) is 0 Å². The fourth-order valence-corrected chi connectivity index (χ4v) is 4.53. The molecule has 0 saturated carbocycles. The number of piperazine rings is 1. The van der Waals surface area contributed by atoms with Gasteiger partial charge in [0.1, 0.15) is 0 Å². The Morgan fingerprint density at radius 3 is 1.81 bits per heavy atom. The summed E-state index contributed by atoms with van der Waals surface area (Å²) in [6.45, 7) is 5.63. The van der Waals surface area contributed by atoms with Crippen molar-refractivity contribution in [2.24, 2.45) is 0 Å². The lowest BCUT2D eigenvalue weighted by molar-refractivity contribution is 0.0642. The van der Waals surface area contributed by atoms with Crippen molar-refractivity contribution in [3.05, 3.63) is 101 Å². The van der Waals surface area contributed by atoms with Gasteiger partial charge >= 0.3 is 0 Å². The summed E-state index contributed by atoms with van der Waals surface area (Å²) in [6, 6.07) is 26.0. The van der Waals surface area contributed by atoms with Crippen LogP contribution >= 0.6 is 0 Å². The number of benzene rings is 3. The minimum absolute atomic E-state index is 0.204. The third-order valence-electron chi connectivity index (χ3n) is 6.45. The van der Waals surface area contributed by atoms with E-state index in [-0.39, 0.29) is 11.8 Å². The molecular weight excluding hydrogens is 398 g/mol. The molecule has 0 N–H and O–H groups in total. The summed E-state index contributed by atoms with van der Waals surface area (Å²) in [4.78, 5) is 31.4. The van der Waals surface area contributed by atoms with Crippen LogP contribution in [0.3, 0.4) is 0 Å². The van der Waals surface area contributed by atoms with Crippen LogP contribution in [-0.4, -0.2) is 54.3 Å². The van der Waals surface area contributed by atoms with Crippen LogP contribution < -0.4 is 4.90 Å². The highest BCUT2D eigenvalue weighted by atomic mass is 16.2. The molecule has 5 nitrogen and oxygen atoms in total. The molecule has 0 atom stereocenters. The summed E-state index contributed by atoms with van der Waals surface area (Å²) in [5, 5.41) is 0. The number of para-hydroxylation sites is 1. The molecular formula is C27H27N3O2. The number of hydrogen-bond acceptors (Lipinski definition) is 4. The van der Waals surface area contributed by atoms with Gasteiger partial charge in [-0.3, -0.25) is 19.4 Å². The van der Waals surface area contributed by atoms with Crippen molar-refractivity contribution in [2.45, 2.75) is 13.0 Å². The first kappa shape index (κ1) is 20.5. The van der Waals surface area contributed by atoms with Gasteiger partial charge < -0.3 is 4.90 Å². The Kier molecular flexibility index (Phi) is 5.73. The first-order valence-electron chi connectivity index (χ1n) is 11.2. The monoisotopic (exact) mass is 425 g/mol. The molecule has 1 saturated heterocycles. The van der Waals surface area contributed by atoms with Crippen LogP contribution in [0.25, 0.3) is 0 Å². The van der Waals surface area contributed by atoms with Gasteiger partial charge in [0.25, 0.3) is 11.8 Å². The number of imide groups is 1. The largest absolute Gasteiger partial charge is 0.369 e. The van der Waals surface area contributed by atoms with Crippen molar-refractivity contribution < 1.29 is 9.59 Å². The van der Waals surface area contributed by atoms with Gasteiger partial charge in [-0.25, -0.2) is 0 Å². The molecule has 162 valence electrons. The Balaban J connectivity index is 1.12. The summed E-state index contributed by atoms with van der Waals surface area (Å²) in [7, 11) is 0. The lowest BCUT2D eigenvalue weighted by Gasteiger charge is -2.36. The van der Waals surface area contributed by atoms with Crippen molar-refractivity contribution in [3.63, 3.8) is 0 Å². The van der Waals surface area contributed by atoms with E-state index < -0.39 is 0 Å². The van der Waals surface area contributed by atoms with E-state index >= 15 is 0 Å². The number of fused-ring (bicyclic) bond motifs is 1. The average molecular weight is 426 g/mol. The van der Waals surface area contributed by atoms with Crippen molar-refractivity contribution in [1.29, 1.82) is 0 Å². The molecule has 32 heavy (non-hydrogen) atoms. The van der Waals surface area contributed by atoms with Crippen LogP contribution in [0.1, 0.15) is 31.8 Å². The molecule has 2 amide bonds. The first-order chi connectivity index (χ1) is 15.7. The highest BCUT2D eigenvalue weighted by molar-refractivity contribution is 6.21. The molecule has 5 heteroatoms. The maximum atomic E-state index is 12.6. The molecule has 0 bridgehead atoms. The Labute approximate surface area is 188 Å². The summed E-state index contributed by atoms with van der Waals surface area (Å²) < 4.78 is 0. The predicted molar refractivity (Wildman–Crippen MR) is 126 cm³/mol. The van der Waals surface area contributed by atoms with Crippen molar-refractivity contribution >= 4 is 17.5 Å². The maximum absolute atomic E-state index is 12.6. The Morgan fingerprint density at radius 1 is 0.625 bits per heavy atom. The van der Waals surface area contributed by atoms with Gasteiger partial charge in [0.05, 0.1) is 17.7 Å². The number of anilines is 1. The molecule has 0 unspecified atom stereocenters. The van der Waals surface area contributed by atoms with E-state index in [9.17, 15) is 9.59 Å². The van der Waals surface area contributed by atoms with E-state index in [1.807, 2.05) is 12.1 Å². The van der Waals surface area contributed by atoms with E-state index in [0.717, 1.165) is 44.7 Å². The van der Waals surface area contributed by atoms with E-state index in [2.05, 4.69) is 52.3 Å². The lowest BCUT2D eigenvalue weighted by atomic mass is 10.1. The van der Waals surface area contributed by atoms with Gasteiger partial charge in [0.2, 0.25) is 0 Å². The molecule has 3 aromatic rings. The topological polar surface area (TPSA) is 43.9 Å². The molecule has 3 aromatic carbocycles. The highest BCUT2D eigenvalue weighted by Gasteiger charge is 2.34. The number of nitrogens with zero attached hydrogens (tertiary/aromatic N) is 3. The van der Waals surface area contributed by atoms with Crippen LogP contribution in [0, 0.1) is 0 Å². The van der Waals surface area contributed by atoms with Crippen LogP contribution in [0.5, 0.6) is 0 Å². The van der Waals surface area contributed by atoms with E-state index in [1.165, 1.54) is 16.2 Å². The quantitative estimate of drug-likeness (QED) is 0.563. The Morgan fingerprint density at radius 2 is 1.19 bits per heavy atom. The molecule has 0 aliphatic carbocycles. The molecule has 5 rings (SSSR count). The van der Waals surface area contributed by atoms with Gasteiger partial charge in [-0.1, -0.05) is 54.6 Å². The van der Waals surface area contributed by atoms with Crippen molar-refractivity contribution in [3.8, 4) is 0 Å². The van der Waals surface area contributed by atoms with Gasteiger partial charge in [-0.2, -0.15) is 0 Å². The number of carbonyl (C=O) groups excluding carboxylic acids is 2. The fourth-order valence-electron chi connectivity index (χ4n) is 4.53. The fraction of sp³-hybridized carbons (Fsp3) is 0.259. The Bertz CT molecular complexity index is 1070. The van der Waals surface area contributed by atoms with E-state index in [4.69, 9.17) is 0 Å². The van der Waals surface area contributed by atoms with Crippen LogP contribution in [0.4, 0.5) is 5.69 Å². The van der Waals surface area contributed by atoms with Gasteiger partial charge in [-0.15, -0.1) is 0 Å². The lowest BCUT2D eigenvalue weighted by Crippen LogP contribution is -2.46. The average Bonchev–Trinajstić information content (AvgIpc) is 3.09. The summed E-state index contributed by atoms with van der Waals surface area (Å²) in [5.41, 5.74) is 4.56. The number of rotatable bonds is 6. The maximum Gasteiger partial charge on any atom is 0.261 e. The first-order valence-corrected chi connectivity index (χ1v) is 11.2. The molecule has 0 spiro atoms. The third-order valence-corrected chi connectivity index (χ3v) is 6.45. The zero-order chi connectivity index (χ0) is 21.9. The second-order valence-corrected chi connectivity index (χ2v) is 8.47. The zero-order valence-corrected chi connectivity index (χ0v) is 18.1. The predicted octanol–water partition coefficient (Wildman–Crippen LogP) is 3.85. The summed E-state index contributed by atoms with van der Waals surface area (Å²) in [5.74, 6) is -0.409. The van der Waals surface area contributed by atoms with Crippen LogP contribution in [0.15, 0.2) is 78.9 Å². The smallest absolute Gasteiger partial charge is 0.261 e. The second kappa shape index (κ2) is 8.97. The van der Waals surface area contributed by atoms with Crippen molar-refractivity contribution in [2.75, 3.05) is 37.6 Å². The van der Waals surface area contributed by atoms with Gasteiger partial charge in [0, 0.05) is 38.4 Å². The highest BCUT2D eigenvalue weighted by Crippen LogP contribution is 2.24. The molecule has 0 aromatic heterocycles. The molecule has 0 radical (unpaired) electrons. The Hall–Kier alpha value is -3.44. The summed E-state index contributed by atoms with van der Waals surface area (Å²) in [6.07, 6.45) is 0.999. The number of hydrogen-bond donors (Lipinski definition) is 0. The number of amides is 2. The van der Waals surface area contributed by atoms with Crippen LogP contribution in [-0.2, 0) is 13.0 Å². The summed E-state index contributed by atoms with van der Waals surface area (Å²) >= 11 is 0. The SMILES string of the molecule is O=C1c2ccccc2C(=O)N1Cc1ccc(CCN2CCN(c3ccccc3)CC2)cc1. The number of carbonyl (C=O) groups is 2. The standard InChI is InChI=1S/C27H27N3O2/c31-26-24-8-4-5-9-25(24)27(32)30(26)20-22-12-10-21(11-13-22)14-15-28-16-18-29(19-17-28)23-6-2-1-3-7-23/h1-13H,14-20H2. The van der Waals surface area contributed by atoms with E-state index in [1.54, 1.807) is 24.3 Å². The van der Waals surface area contributed by atoms with Gasteiger partial charge in [-0.05, 0) is 41.8 Å². The minimum atomic E-state index is -0.204. The zero-order valence-electron chi connectivity index (χ0n) is 18.1. The minimum Gasteiger partial charge on any atom is -0.369 e. The second-order valence-electron chi connectivity index (χ2n) is 8.47. The molecule has 2 heterocycles. The molecule has 1 fully saturated rings.